The number of benzene rings is 1. The number of ether oxygens (including phenoxy) is 3. The van der Waals surface area contributed by atoms with Crippen LogP contribution in [-0.2, 0) is 9.53 Å². The maximum absolute atomic E-state index is 12.1. The predicted molar refractivity (Wildman–Crippen MR) is 72.6 cm³/mol. The molecule has 1 aromatic carbocycles. The molecule has 0 heterocycles. The Morgan fingerprint density at radius 1 is 1.25 bits per heavy atom. The predicted octanol–water partition coefficient (Wildman–Crippen LogP) is 0.707. The van der Waals surface area contributed by atoms with Crippen molar-refractivity contribution in [3.63, 3.8) is 0 Å². The second kappa shape index (κ2) is 6.65. The molecule has 1 rings (SSSR count). The van der Waals surface area contributed by atoms with Crippen LogP contribution in [0.15, 0.2) is 12.1 Å². The summed E-state index contributed by atoms with van der Waals surface area (Å²) in [7, 11) is 2.86. The summed E-state index contributed by atoms with van der Waals surface area (Å²) < 4.78 is 15.1. The summed E-state index contributed by atoms with van der Waals surface area (Å²) in [6.45, 7) is 1.68. The molecule has 1 unspecified atom stereocenters. The second-order valence-corrected chi connectivity index (χ2v) is 4.00. The average Bonchev–Trinajstić information content (AvgIpc) is 2.44. The largest absolute Gasteiger partial charge is 0.497 e. The molecule has 7 heteroatoms. The molecule has 1 atom stereocenters. The highest BCUT2D eigenvalue weighted by atomic mass is 16.5. The first kappa shape index (κ1) is 15.6. The molecule has 0 saturated carbocycles. The summed E-state index contributed by atoms with van der Waals surface area (Å²) in [6.07, 6.45) is -0.721. The molecule has 110 valence electrons. The van der Waals surface area contributed by atoms with Crippen molar-refractivity contribution in [2.75, 3.05) is 20.0 Å². The molecule has 1 aromatic rings. The van der Waals surface area contributed by atoms with Gasteiger partial charge in [-0.15, -0.1) is 0 Å². The summed E-state index contributed by atoms with van der Waals surface area (Å²) >= 11 is 0. The Morgan fingerprint density at radius 2 is 1.90 bits per heavy atom. The molecule has 20 heavy (non-hydrogen) atoms. The van der Waals surface area contributed by atoms with Gasteiger partial charge in [-0.3, -0.25) is 4.79 Å². The van der Waals surface area contributed by atoms with E-state index in [2.05, 4.69) is 0 Å². The van der Waals surface area contributed by atoms with E-state index in [0.717, 1.165) is 0 Å². The van der Waals surface area contributed by atoms with E-state index in [9.17, 15) is 9.59 Å². The minimum absolute atomic E-state index is 0.0564. The summed E-state index contributed by atoms with van der Waals surface area (Å²) in [5.74, 6) is -0.807. The van der Waals surface area contributed by atoms with Crippen LogP contribution in [0.25, 0.3) is 0 Å². The fourth-order valence-corrected chi connectivity index (χ4v) is 1.59. The fraction of sp³-hybridized carbons (Fsp3) is 0.385. The first-order valence-corrected chi connectivity index (χ1v) is 5.96. The van der Waals surface area contributed by atoms with Gasteiger partial charge in [0.2, 0.25) is 0 Å². The highest BCUT2D eigenvalue weighted by Crippen LogP contribution is 2.31. The lowest BCUT2D eigenvalue weighted by atomic mass is 10.1. The van der Waals surface area contributed by atoms with Gasteiger partial charge >= 0.3 is 5.97 Å². The number of hydrogen-bond donors (Lipinski definition) is 2. The molecule has 0 aliphatic carbocycles. The van der Waals surface area contributed by atoms with Crippen molar-refractivity contribution in [1.82, 2.24) is 0 Å². The minimum Gasteiger partial charge on any atom is -0.497 e. The van der Waals surface area contributed by atoms with E-state index in [4.69, 9.17) is 25.7 Å². The molecule has 0 aliphatic heterocycles. The number of primary amides is 1. The Kier molecular flexibility index (Phi) is 5.19. The van der Waals surface area contributed by atoms with E-state index < -0.39 is 18.0 Å². The van der Waals surface area contributed by atoms with E-state index in [1.54, 1.807) is 6.92 Å². The van der Waals surface area contributed by atoms with Gasteiger partial charge in [-0.1, -0.05) is 6.92 Å². The quantitative estimate of drug-likeness (QED) is 0.586. The van der Waals surface area contributed by atoms with Gasteiger partial charge in [-0.2, -0.15) is 0 Å². The molecule has 0 aromatic heterocycles. The molecule has 4 N–H and O–H groups in total. The third kappa shape index (κ3) is 3.31. The average molecular weight is 282 g/mol. The molecular weight excluding hydrogens is 264 g/mol. The third-order valence-electron chi connectivity index (χ3n) is 2.73. The number of nitrogen functional groups attached to an aromatic ring is 1. The molecule has 0 radical (unpaired) electrons. The normalized spacial score (nSPS) is 11.6. The molecular formula is C13H18N2O5. The smallest absolute Gasteiger partial charge is 0.341 e. The third-order valence-corrected chi connectivity index (χ3v) is 2.73. The Hall–Kier alpha value is -2.44. The van der Waals surface area contributed by atoms with Crippen molar-refractivity contribution in [2.45, 2.75) is 19.4 Å². The number of esters is 1. The van der Waals surface area contributed by atoms with Gasteiger partial charge in [-0.05, 0) is 12.5 Å². The van der Waals surface area contributed by atoms with E-state index in [1.165, 1.54) is 26.4 Å². The number of hydrogen-bond acceptors (Lipinski definition) is 6. The van der Waals surface area contributed by atoms with E-state index in [0.29, 0.717) is 5.75 Å². The summed E-state index contributed by atoms with van der Waals surface area (Å²) in [5, 5.41) is 0. The van der Waals surface area contributed by atoms with Crippen LogP contribution in [0.5, 0.6) is 11.5 Å². The molecule has 0 spiro atoms. The van der Waals surface area contributed by atoms with Gasteiger partial charge in [0.15, 0.2) is 6.10 Å². The first-order valence-electron chi connectivity index (χ1n) is 5.96. The summed E-state index contributed by atoms with van der Waals surface area (Å²) in [6, 6.07) is 2.95. The van der Waals surface area contributed by atoms with Crippen LogP contribution in [0.2, 0.25) is 0 Å². The van der Waals surface area contributed by atoms with E-state index in [1.807, 2.05) is 0 Å². The SMILES string of the molecule is CCC(OC(=O)c1cc(OC)cc(OC)c1N)C(N)=O. The lowest BCUT2D eigenvalue weighted by Gasteiger charge is -2.15. The van der Waals surface area contributed by atoms with E-state index >= 15 is 0 Å². The zero-order chi connectivity index (χ0) is 15.3. The maximum Gasteiger partial charge on any atom is 0.341 e. The van der Waals surface area contributed by atoms with Crippen LogP contribution in [0.1, 0.15) is 23.7 Å². The van der Waals surface area contributed by atoms with E-state index in [-0.39, 0.29) is 23.4 Å². The zero-order valence-corrected chi connectivity index (χ0v) is 11.6. The van der Waals surface area contributed by atoms with Gasteiger partial charge in [0, 0.05) is 6.07 Å². The molecule has 7 nitrogen and oxygen atoms in total. The highest BCUT2D eigenvalue weighted by Gasteiger charge is 2.23. The standard InChI is InChI=1S/C13H18N2O5/c1-4-9(12(15)16)20-13(17)8-5-7(18-2)6-10(19-3)11(8)14/h5-6,9H,4,14H2,1-3H3,(H2,15,16). The molecule has 0 aliphatic rings. The van der Waals surface area contributed by atoms with Gasteiger partial charge in [-0.25, -0.2) is 4.79 Å². The highest BCUT2D eigenvalue weighted by molar-refractivity contribution is 5.98. The van der Waals surface area contributed by atoms with Crippen molar-refractivity contribution >= 4 is 17.6 Å². The lowest BCUT2D eigenvalue weighted by molar-refractivity contribution is -0.126. The van der Waals surface area contributed by atoms with Crippen LogP contribution >= 0.6 is 0 Å². The van der Waals surface area contributed by atoms with Gasteiger partial charge < -0.3 is 25.7 Å². The second-order valence-electron chi connectivity index (χ2n) is 4.00. The van der Waals surface area contributed by atoms with Crippen LogP contribution in [0.4, 0.5) is 5.69 Å². The van der Waals surface area contributed by atoms with Gasteiger partial charge in [0.25, 0.3) is 5.91 Å². The van der Waals surface area contributed by atoms with Crippen LogP contribution in [-0.4, -0.2) is 32.2 Å². The van der Waals surface area contributed by atoms with Crippen LogP contribution in [0.3, 0.4) is 0 Å². The Labute approximate surface area is 116 Å². The van der Waals surface area contributed by atoms with Gasteiger partial charge in [0.1, 0.15) is 11.5 Å². The zero-order valence-electron chi connectivity index (χ0n) is 11.6. The number of carbonyl (C=O) groups excluding carboxylic acids is 2. The molecule has 0 saturated heterocycles. The monoisotopic (exact) mass is 282 g/mol. The van der Waals surface area contributed by atoms with Crippen molar-refractivity contribution in [3.05, 3.63) is 17.7 Å². The van der Waals surface area contributed by atoms with Crippen LogP contribution < -0.4 is 20.9 Å². The molecule has 1 amide bonds. The number of nitrogens with two attached hydrogens (primary N) is 2. The number of amides is 1. The number of carbonyl (C=O) groups is 2. The van der Waals surface area contributed by atoms with Crippen LogP contribution in [0, 0.1) is 0 Å². The van der Waals surface area contributed by atoms with Gasteiger partial charge in [0.05, 0.1) is 25.5 Å². The lowest BCUT2D eigenvalue weighted by Crippen LogP contribution is -2.32. The van der Waals surface area contributed by atoms with Crippen molar-refractivity contribution < 1.29 is 23.8 Å². The van der Waals surface area contributed by atoms with Crippen molar-refractivity contribution in [1.29, 1.82) is 0 Å². The summed E-state index contributed by atoms with van der Waals surface area (Å²) in [4.78, 5) is 23.1. The minimum atomic E-state index is -1.00. The molecule has 0 fully saturated rings. The first-order chi connectivity index (χ1) is 9.44. The molecule has 0 bridgehead atoms. The van der Waals surface area contributed by atoms with Crippen molar-refractivity contribution in [3.8, 4) is 11.5 Å². The summed E-state index contributed by atoms with van der Waals surface area (Å²) in [5.41, 5.74) is 11.1. The maximum atomic E-state index is 12.1. The number of anilines is 1. The van der Waals surface area contributed by atoms with Crippen molar-refractivity contribution in [2.24, 2.45) is 5.73 Å². The number of methoxy groups -OCH3 is 2. The fourth-order valence-electron chi connectivity index (χ4n) is 1.59. The number of rotatable bonds is 6. The topological polar surface area (TPSA) is 114 Å². The Balaban J connectivity index is 3.11. The Morgan fingerprint density at radius 3 is 2.35 bits per heavy atom. The Bertz CT molecular complexity index is 516.